The number of hydrogen-bond acceptors (Lipinski definition) is 3. The van der Waals surface area contributed by atoms with Gasteiger partial charge in [-0.1, -0.05) is 19.1 Å². The second-order valence-corrected chi connectivity index (χ2v) is 5.80. The predicted molar refractivity (Wildman–Crippen MR) is 91.4 cm³/mol. The third-order valence-electron chi connectivity index (χ3n) is 3.87. The summed E-state index contributed by atoms with van der Waals surface area (Å²) in [7, 11) is 2.05. The van der Waals surface area contributed by atoms with Crippen molar-refractivity contribution in [3.63, 3.8) is 0 Å². The first-order chi connectivity index (χ1) is 9.81. The van der Waals surface area contributed by atoms with E-state index in [0.717, 1.165) is 37.8 Å². The van der Waals surface area contributed by atoms with E-state index in [1.165, 1.54) is 31.5 Å². The minimum atomic E-state index is 0. The highest BCUT2D eigenvalue weighted by Gasteiger charge is 2.19. The first-order valence-corrected chi connectivity index (χ1v) is 7.90. The van der Waals surface area contributed by atoms with Crippen LogP contribution in [0.3, 0.4) is 0 Å². The number of hydrogen-bond donors (Lipinski definition) is 1. The Morgan fingerprint density at radius 2 is 2.24 bits per heavy atom. The molecule has 0 spiro atoms. The molecule has 0 bridgehead atoms. The highest BCUT2D eigenvalue weighted by atomic mass is 35.5. The lowest BCUT2D eigenvalue weighted by atomic mass is 9.97. The number of nitrogens with zero attached hydrogens (tertiary/aromatic N) is 1. The molecule has 1 saturated heterocycles. The molecular formula is C17H29ClN2O. The summed E-state index contributed by atoms with van der Waals surface area (Å²) in [6.45, 7) is 7.55. The van der Waals surface area contributed by atoms with Crippen molar-refractivity contribution >= 4 is 12.4 Å². The summed E-state index contributed by atoms with van der Waals surface area (Å²) >= 11 is 0. The van der Waals surface area contributed by atoms with E-state index in [4.69, 9.17) is 4.74 Å². The maximum absolute atomic E-state index is 5.72. The SMILES string of the molecule is CCCOc1cccc(CN2CCCC(CNC)C2)c1.Cl. The molecule has 1 unspecified atom stereocenters. The minimum Gasteiger partial charge on any atom is -0.494 e. The van der Waals surface area contributed by atoms with Crippen molar-refractivity contribution in [3.8, 4) is 5.75 Å². The van der Waals surface area contributed by atoms with Crippen LogP contribution >= 0.6 is 12.4 Å². The van der Waals surface area contributed by atoms with Crippen LogP contribution in [0.25, 0.3) is 0 Å². The number of likely N-dealkylation sites (tertiary alicyclic amines) is 1. The fraction of sp³-hybridized carbons (Fsp3) is 0.647. The topological polar surface area (TPSA) is 24.5 Å². The van der Waals surface area contributed by atoms with Crippen molar-refractivity contribution in [2.24, 2.45) is 5.92 Å². The zero-order valence-corrected chi connectivity index (χ0v) is 14.1. The molecule has 0 aromatic heterocycles. The number of piperidine rings is 1. The van der Waals surface area contributed by atoms with Crippen LogP contribution in [0.4, 0.5) is 0 Å². The minimum absolute atomic E-state index is 0. The molecule has 21 heavy (non-hydrogen) atoms. The van der Waals surface area contributed by atoms with Gasteiger partial charge in [0.25, 0.3) is 0 Å². The summed E-state index contributed by atoms with van der Waals surface area (Å²) in [4.78, 5) is 2.57. The van der Waals surface area contributed by atoms with Crippen LogP contribution in [0.5, 0.6) is 5.75 Å². The van der Waals surface area contributed by atoms with Gasteiger partial charge >= 0.3 is 0 Å². The van der Waals surface area contributed by atoms with Crippen LogP contribution in [-0.4, -0.2) is 38.2 Å². The van der Waals surface area contributed by atoms with E-state index in [9.17, 15) is 0 Å². The summed E-state index contributed by atoms with van der Waals surface area (Å²) in [6.07, 6.45) is 3.73. The summed E-state index contributed by atoms with van der Waals surface area (Å²) < 4.78 is 5.72. The zero-order valence-electron chi connectivity index (χ0n) is 13.3. The molecule has 0 saturated carbocycles. The standard InChI is InChI=1S/C17H28N2O.ClH/c1-3-10-20-17-8-4-6-15(11-17)13-19-9-5-7-16(14-19)12-18-2;/h4,6,8,11,16,18H,3,5,7,9-10,12-14H2,1-2H3;1H. The molecule has 3 nitrogen and oxygen atoms in total. The molecule has 1 aliphatic rings. The maximum Gasteiger partial charge on any atom is 0.119 e. The fourth-order valence-corrected chi connectivity index (χ4v) is 2.96. The van der Waals surface area contributed by atoms with Crippen molar-refractivity contribution in [1.29, 1.82) is 0 Å². The first kappa shape index (κ1) is 18.3. The largest absolute Gasteiger partial charge is 0.494 e. The van der Waals surface area contributed by atoms with Gasteiger partial charge in [0.2, 0.25) is 0 Å². The molecule has 1 N–H and O–H groups in total. The van der Waals surface area contributed by atoms with Gasteiger partial charge in [0.05, 0.1) is 6.61 Å². The van der Waals surface area contributed by atoms with Crippen LogP contribution in [0, 0.1) is 5.92 Å². The monoisotopic (exact) mass is 312 g/mol. The van der Waals surface area contributed by atoms with Crippen molar-refractivity contribution in [2.45, 2.75) is 32.7 Å². The number of halogens is 1. The molecule has 1 heterocycles. The van der Waals surface area contributed by atoms with Crippen LogP contribution in [-0.2, 0) is 6.54 Å². The van der Waals surface area contributed by atoms with Gasteiger partial charge in [-0.3, -0.25) is 4.90 Å². The molecule has 1 aliphatic heterocycles. The summed E-state index contributed by atoms with van der Waals surface area (Å²) in [5.74, 6) is 1.81. The van der Waals surface area contributed by atoms with E-state index in [1.807, 2.05) is 7.05 Å². The van der Waals surface area contributed by atoms with E-state index in [0.29, 0.717) is 0 Å². The van der Waals surface area contributed by atoms with E-state index < -0.39 is 0 Å². The van der Waals surface area contributed by atoms with Crippen LogP contribution in [0.2, 0.25) is 0 Å². The van der Waals surface area contributed by atoms with Gasteiger partial charge in [0.15, 0.2) is 0 Å². The molecule has 1 aromatic carbocycles. The molecule has 4 heteroatoms. The third kappa shape index (κ3) is 6.25. The van der Waals surface area contributed by atoms with Crippen molar-refractivity contribution in [2.75, 3.05) is 33.3 Å². The summed E-state index contributed by atoms with van der Waals surface area (Å²) in [5, 5.41) is 3.31. The number of rotatable bonds is 7. The Balaban J connectivity index is 0.00000220. The predicted octanol–water partition coefficient (Wildman–Crippen LogP) is 3.33. The Morgan fingerprint density at radius 1 is 1.38 bits per heavy atom. The van der Waals surface area contributed by atoms with Crippen LogP contribution < -0.4 is 10.1 Å². The Hall–Kier alpha value is -0.770. The molecule has 0 aliphatic carbocycles. The third-order valence-corrected chi connectivity index (χ3v) is 3.87. The molecule has 1 fully saturated rings. The van der Waals surface area contributed by atoms with Crippen molar-refractivity contribution in [1.82, 2.24) is 10.2 Å². The summed E-state index contributed by atoms with van der Waals surface area (Å²) in [5.41, 5.74) is 1.36. The molecule has 0 amide bonds. The molecule has 120 valence electrons. The van der Waals surface area contributed by atoms with Gasteiger partial charge in [-0.25, -0.2) is 0 Å². The first-order valence-electron chi connectivity index (χ1n) is 7.90. The smallest absolute Gasteiger partial charge is 0.119 e. The van der Waals surface area contributed by atoms with Gasteiger partial charge < -0.3 is 10.1 Å². The van der Waals surface area contributed by atoms with E-state index in [2.05, 4.69) is 41.4 Å². The quantitative estimate of drug-likeness (QED) is 0.836. The Kier molecular flexibility index (Phi) is 8.74. The van der Waals surface area contributed by atoms with Crippen LogP contribution in [0.1, 0.15) is 31.7 Å². The zero-order chi connectivity index (χ0) is 14.2. The van der Waals surface area contributed by atoms with Crippen LogP contribution in [0.15, 0.2) is 24.3 Å². The average Bonchev–Trinajstić information content (AvgIpc) is 2.46. The van der Waals surface area contributed by atoms with Gasteiger partial charge in [-0.2, -0.15) is 0 Å². The molecule has 1 atom stereocenters. The molecular weight excluding hydrogens is 284 g/mol. The number of ether oxygens (including phenoxy) is 1. The average molecular weight is 313 g/mol. The lowest BCUT2D eigenvalue weighted by molar-refractivity contribution is 0.166. The Morgan fingerprint density at radius 3 is 3.00 bits per heavy atom. The van der Waals surface area contributed by atoms with E-state index in [-0.39, 0.29) is 12.4 Å². The fourth-order valence-electron chi connectivity index (χ4n) is 2.96. The molecule has 0 radical (unpaired) electrons. The second kappa shape index (κ2) is 10.0. The number of benzene rings is 1. The van der Waals surface area contributed by atoms with Crippen molar-refractivity contribution < 1.29 is 4.74 Å². The lowest BCUT2D eigenvalue weighted by Crippen LogP contribution is -2.38. The Labute approximate surface area is 135 Å². The highest BCUT2D eigenvalue weighted by Crippen LogP contribution is 2.20. The Bertz CT molecular complexity index is 398. The maximum atomic E-state index is 5.72. The van der Waals surface area contributed by atoms with Gasteiger partial charge in [0.1, 0.15) is 5.75 Å². The normalized spacial score (nSPS) is 19.0. The van der Waals surface area contributed by atoms with E-state index in [1.54, 1.807) is 0 Å². The molecule has 1 aromatic rings. The van der Waals surface area contributed by atoms with Gasteiger partial charge in [0, 0.05) is 13.1 Å². The molecule has 2 rings (SSSR count). The summed E-state index contributed by atoms with van der Waals surface area (Å²) in [6, 6.07) is 8.56. The van der Waals surface area contributed by atoms with E-state index >= 15 is 0 Å². The lowest BCUT2D eigenvalue weighted by Gasteiger charge is -2.32. The van der Waals surface area contributed by atoms with Crippen molar-refractivity contribution in [3.05, 3.63) is 29.8 Å². The highest BCUT2D eigenvalue weighted by molar-refractivity contribution is 5.85. The second-order valence-electron chi connectivity index (χ2n) is 5.80. The van der Waals surface area contributed by atoms with Gasteiger partial charge in [-0.05, 0) is 63.0 Å². The number of nitrogens with one attached hydrogen (secondary N) is 1. The van der Waals surface area contributed by atoms with Gasteiger partial charge in [-0.15, -0.1) is 12.4 Å².